The van der Waals surface area contributed by atoms with Gasteiger partial charge >= 0.3 is 11.9 Å². The predicted molar refractivity (Wildman–Crippen MR) is 120 cm³/mol. The number of rotatable bonds is 5. The van der Waals surface area contributed by atoms with E-state index in [0.717, 1.165) is 24.1 Å². The van der Waals surface area contributed by atoms with Crippen LogP contribution in [-0.4, -0.2) is 32.2 Å². The summed E-state index contributed by atoms with van der Waals surface area (Å²) in [6.07, 6.45) is 1.60. The third kappa shape index (κ3) is 2.89. The summed E-state index contributed by atoms with van der Waals surface area (Å²) in [5, 5.41) is 3.61. The first kappa shape index (κ1) is 21.4. The van der Waals surface area contributed by atoms with E-state index in [2.05, 4.69) is 50.4 Å². The smallest absolute Gasteiger partial charge is 0.324 e. The van der Waals surface area contributed by atoms with Crippen molar-refractivity contribution < 1.29 is 19.1 Å². The third-order valence-electron chi connectivity index (χ3n) is 7.29. The fraction of sp³-hybridized carbons (Fsp3) is 0.462. The molecule has 2 fully saturated rings. The molecule has 0 aromatic heterocycles. The van der Waals surface area contributed by atoms with Gasteiger partial charge in [0.25, 0.3) is 0 Å². The van der Waals surface area contributed by atoms with Crippen LogP contribution < -0.4 is 5.32 Å². The van der Waals surface area contributed by atoms with Crippen LogP contribution in [-0.2, 0) is 29.9 Å². The van der Waals surface area contributed by atoms with Crippen molar-refractivity contribution in [2.45, 2.75) is 50.5 Å². The topological polar surface area (TPSA) is 64.6 Å². The zero-order valence-electron chi connectivity index (χ0n) is 18.9. The van der Waals surface area contributed by atoms with Crippen LogP contribution in [0.2, 0.25) is 0 Å². The van der Waals surface area contributed by atoms with Gasteiger partial charge in [0.05, 0.1) is 14.2 Å². The first-order valence-corrected chi connectivity index (χ1v) is 10.8. The Morgan fingerprint density at radius 2 is 1.48 bits per heavy atom. The number of fused-ring (bicyclic) bond motifs is 1. The van der Waals surface area contributed by atoms with Gasteiger partial charge < -0.3 is 14.8 Å². The summed E-state index contributed by atoms with van der Waals surface area (Å²) < 4.78 is 10.4. The molecular weight excluding hydrogens is 390 g/mol. The molecule has 0 unspecified atom stereocenters. The van der Waals surface area contributed by atoms with Gasteiger partial charge in [0.1, 0.15) is 0 Å². The summed E-state index contributed by atoms with van der Waals surface area (Å²) >= 11 is 0. The third-order valence-corrected chi connectivity index (χ3v) is 7.29. The Morgan fingerprint density at radius 3 is 2.00 bits per heavy atom. The lowest BCUT2D eigenvalue weighted by atomic mass is 9.77. The average molecular weight is 422 g/mol. The number of nitrogens with one attached hydrogen (secondary N) is 1. The monoisotopic (exact) mass is 421 g/mol. The number of ether oxygens (including phenoxy) is 2. The summed E-state index contributed by atoms with van der Waals surface area (Å²) in [6, 6.07) is 18.2. The second kappa shape index (κ2) is 7.40. The number of benzene rings is 2. The summed E-state index contributed by atoms with van der Waals surface area (Å²) in [4.78, 5) is 26.3. The van der Waals surface area contributed by atoms with Crippen LogP contribution in [0.3, 0.4) is 0 Å². The van der Waals surface area contributed by atoms with E-state index in [1.165, 1.54) is 19.8 Å². The Balaban J connectivity index is 1.85. The Morgan fingerprint density at radius 1 is 0.903 bits per heavy atom. The van der Waals surface area contributed by atoms with E-state index in [9.17, 15) is 9.59 Å². The maximum Gasteiger partial charge on any atom is 0.324 e. The molecule has 164 valence electrons. The second-order valence-electron chi connectivity index (χ2n) is 9.68. The van der Waals surface area contributed by atoms with Crippen LogP contribution in [0.1, 0.15) is 44.7 Å². The van der Waals surface area contributed by atoms with Crippen molar-refractivity contribution in [2.75, 3.05) is 19.5 Å². The van der Waals surface area contributed by atoms with Crippen molar-refractivity contribution in [1.29, 1.82) is 0 Å². The molecule has 0 heterocycles. The molecule has 2 aliphatic rings. The molecule has 2 saturated carbocycles. The lowest BCUT2D eigenvalue weighted by molar-refractivity contribution is -0.164. The maximum atomic E-state index is 13.2. The molecule has 0 aliphatic heterocycles. The number of anilines is 1. The normalized spacial score (nSPS) is 26.0. The van der Waals surface area contributed by atoms with Crippen molar-refractivity contribution >= 4 is 17.6 Å². The van der Waals surface area contributed by atoms with Crippen molar-refractivity contribution in [2.24, 2.45) is 11.3 Å². The van der Waals surface area contributed by atoms with E-state index in [4.69, 9.17) is 9.47 Å². The highest BCUT2D eigenvalue weighted by Gasteiger charge is 2.90. The number of hydrogen-bond acceptors (Lipinski definition) is 5. The van der Waals surface area contributed by atoms with E-state index < -0.39 is 22.8 Å². The number of para-hydroxylation sites is 1. The van der Waals surface area contributed by atoms with Crippen LogP contribution in [0, 0.1) is 11.3 Å². The number of carbonyl (C=O) groups is 2. The van der Waals surface area contributed by atoms with Crippen LogP contribution in [0.4, 0.5) is 5.69 Å². The second-order valence-corrected chi connectivity index (χ2v) is 9.68. The first-order valence-electron chi connectivity index (χ1n) is 10.8. The molecule has 0 amide bonds. The molecule has 0 spiro atoms. The summed E-state index contributed by atoms with van der Waals surface area (Å²) in [5.41, 5.74) is 1.13. The summed E-state index contributed by atoms with van der Waals surface area (Å²) in [5.74, 6) is -1.19. The largest absolute Gasteiger partial charge is 0.468 e. The van der Waals surface area contributed by atoms with E-state index in [1.54, 1.807) is 0 Å². The zero-order valence-corrected chi connectivity index (χ0v) is 18.9. The molecule has 2 aliphatic carbocycles. The van der Waals surface area contributed by atoms with Crippen molar-refractivity contribution in [3.05, 3.63) is 65.7 Å². The molecule has 4 rings (SSSR count). The molecule has 2 aromatic carbocycles. The van der Waals surface area contributed by atoms with Crippen LogP contribution in [0.5, 0.6) is 0 Å². The SMILES string of the molecule is COC(=O)C1(C(=O)OC)[C@@H]2CC[C@@H](Nc3ccccc3)[C@@]21c1ccc(C(C)(C)C)cc1. The minimum atomic E-state index is -1.33. The van der Waals surface area contributed by atoms with E-state index in [-0.39, 0.29) is 17.4 Å². The first-order chi connectivity index (χ1) is 14.7. The standard InChI is InChI=1S/C26H31NO4/c1-24(2,3)17-11-13-18(14-12-17)25-20(26(25,22(28)30-4)23(29)31-5)15-16-21(25)27-19-9-7-6-8-10-19/h6-14,20-21,27H,15-16H2,1-5H3/t20-,21-,25-/m1/s1. The summed E-state index contributed by atoms with van der Waals surface area (Å²) in [7, 11) is 2.69. The highest BCUT2D eigenvalue weighted by molar-refractivity contribution is 6.08. The van der Waals surface area contributed by atoms with Crippen LogP contribution >= 0.6 is 0 Å². The van der Waals surface area contributed by atoms with E-state index in [1.807, 2.05) is 30.3 Å². The Kier molecular flexibility index (Phi) is 5.11. The maximum absolute atomic E-state index is 13.2. The van der Waals surface area contributed by atoms with Gasteiger partial charge in [-0.3, -0.25) is 9.59 Å². The highest BCUT2D eigenvalue weighted by Crippen LogP contribution is 2.78. The van der Waals surface area contributed by atoms with Gasteiger partial charge in [-0.1, -0.05) is 63.2 Å². The van der Waals surface area contributed by atoms with Crippen molar-refractivity contribution in [1.82, 2.24) is 0 Å². The number of hydrogen-bond donors (Lipinski definition) is 1. The number of esters is 2. The average Bonchev–Trinajstić information content (AvgIpc) is 3.23. The molecule has 5 nitrogen and oxygen atoms in total. The molecule has 0 saturated heterocycles. The molecule has 5 heteroatoms. The Bertz CT molecular complexity index is 961. The zero-order chi connectivity index (χ0) is 22.4. The van der Waals surface area contributed by atoms with Gasteiger partial charge in [-0.15, -0.1) is 0 Å². The van der Waals surface area contributed by atoms with Gasteiger partial charge in [-0.25, -0.2) is 0 Å². The predicted octanol–water partition coefficient (Wildman–Crippen LogP) is 4.46. The number of methoxy groups -OCH3 is 2. The highest BCUT2D eigenvalue weighted by atomic mass is 16.5. The lowest BCUT2D eigenvalue weighted by Crippen LogP contribution is -2.45. The van der Waals surface area contributed by atoms with E-state index in [0.29, 0.717) is 0 Å². The van der Waals surface area contributed by atoms with Crippen LogP contribution in [0.15, 0.2) is 54.6 Å². The van der Waals surface area contributed by atoms with Gasteiger partial charge in [-0.05, 0) is 41.5 Å². The van der Waals surface area contributed by atoms with Crippen molar-refractivity contribution in [3.8, 4) is 0 Å². The fourth-order valence-electron chi connectivity index (χ4n) is 5.92. The minimum absolute atomic E-state index is 0.0122. The quantitative estimate of drug-likeness (QED) is 0.570. The molecule has 0 radical (unpaired) electrons. The van der Waals surface area contributed by atoms with Crippen LogP contribution in [0.25, 0.3) is 0 Å². The lowest BCUT2D eigenvalue weighted by Gasteiger charge is -2.32. The fourth-order valence-corrected chi connectivity index (χ4v) is 5.92. The molecule has 31 heavy (non-hydrogen) atoms. The van der Waals surface area contributed by atoms with Gasteiger partial charge in [0.2, 0.25) is 0 Å². The summed E-state index contributed by atoms with van der Waals surface area (Å²) in [6.45, 7) is 6.51. The molecule has 3 atom stereocenters. The van der Waals surface area contributed by atoms with E-state index >= 15 is 0 Å². The Labute approximate surface area is 184 Å². The minimum Gasteiger partial charge on any atom is -0.468 e. The van der Waals surface area contributed by atoms with Gasteiger partial charge in [0, 0.05) is 23.1 Å². The molecule has 1 N–H and O–H groups in total. The Hall–Kier alpha value is -2.82. The number of carbonyl (C=O) groups excluding carboxylic acids is 2. The molecule has 0 bridgehead atoms. The van der Waals surface area contributed by atoms with Crippen molar-refractivity contribution in [3.63, 3.8) is 0 Å². The van der Waals surface area contributed by atoms with Gasteiger partial charge in [0.15, 0.2) is 5.41 Å². The molecule has 2 aromatic rings. The molecular formula is C26H31NO4. The van der Waals surface area contributed by atoms with Gasteiger partial charge in [-0.2, -0.15) is 0 Å².